The second kappa shape index (κ2) is 8.28. The summed E-state index contributed by atoms with van der Waals surface area (Å²) in [7, 11) is 0. The number of hydrogen-bond donors (Lipinski definition) is 1. The molecule has 3 amide bonds. The number of rotatable bonds is 6. The molecule has 2 aliphatic rings. The maximum atomic E-state index is 12.8. The van der Waals surface area contributed by atoms with Crippen molar-refractivity contribution in [2.24, 2.45) is 11.8 Å². The zero-order valence-electron chi connectivity index (χ0n) is 14.8. The molecule has 0 radical (unpaired) electrons. The number of hydrogen-bond acceptors (Lipinski definition) is 5. The Bertz CT molecular complexity index is 725. The van der Waals surface area contributed by atoms with E-state index in [9.17, 15) is 23.6 Å². The summed E-state index contributed by atoms with van der Waals surface area (Å²) < 4.78 is 17.7. The van der Waals surface area contributed by atoms with E-state index in [2.05, 4.69) is 5.32 Å². The molecule has 1 aromatic carbocycles. The number of carbonyl (C=O) groups is 4. The lowest BCUT2D eigenvalue weighted by atomic mass is 9.81. The van der Waals surface area contributed by atoms with Gasteiger partial charge in [-0.2, -0.15) is 0 Å². The number of esters is 1. The van der Waals surface area contributed by atoms with Crippen LogP contribution in [0.1, 0.15) is 32.1 Å². The summed E-state index contributed by atoms with van der Waals surface area (Å²) in [5.74, 6) is -2.55. The van der Waals surface area contributed by atoms with Crippen molar-refractivity contribution in [2.75, 3.05) is 18.5 Å². The number of benzene rings is 1. The molecule has 1 aliphatic carbocycles. The minimum absolute atomic E-state index is 0.0247. The van der Waals surface area contributed by atoms with Crippen LogP contribution in [0, 0.1) is 17.7 Å². The monoisotopic (exact) mass is 376 g/mol. The van der Waals surface area contributed by atoms with Crippen LogP contribution in [0.5, 0.6) is 0 Å². The van der Waals surface area contributed by atoms with Gasteiger partial charge in [0.2, 0.25) is 11.8 Å². The highest BCUT2D eigenvalue weighted by molar-refractivity contribution is 6.05. The third-order valence-corrected chi connectivity index (χ3v) is 4.96. The van der Waals surface area contributed by atoms with E-state index in [1.165, 1.54) is 24.3 Å². The fourth-order valence-corrected chi connectivity index (χ4v) is 3.60. The number of nitrogens with zero attached hydrogens (tertiary/aromatic N) is 1. The quantitative estimate of drug-likeness (QED) is 0.604. The first-order chi connectivity index (χ1) is 13.0. The standard InChI is InChI=1S/C19H21FN2O5/c20-12-5-7-13(8-6-12)21-16(23)11-27-17(24)9-10-22-18(25)14-3-1-2-4-15(14)19(22)26/h5-8,14-15H,1-4,9-11H2,(H,21,23)/t14-,15-/m0/s1. The van der Waals surface area contributed by atoms with Crippen molar-refractivity contribution in [1.29, 1.82) is 0 Å². The van der Waals surface area contributed by atoms with Gasteiger partial charge in [-0.1, -0.05) is 12.8 Å². The van der Waals surface area contributed by atoms with E-state index >= 15 is 0 Å². The lowest BCUT2D eigenvalue weighted by Gasteiger charge is -2.19. The average molecular weight is 376 g/mol. The molecule has 8 heteroatoms. The molecular weight excluding hydrogens is 355 g/mol. The first-order valence-corrected chi connectivity index (χ1v) is 9.02. The van der Waals surface area contributed by atoms with E-state index in [0.29, 0.717) is 5.69 Å². The predicted octanol–water partition coefficient (Wildman–Crippen LogP) is 1.87. The van der Waals surface area contributed by atoms with Crippen LogP contribution in [0.3, 0.4) is 0 Å². The minimum Gasteiger partial charge on any atom is -0.456 e. The Morgan fingerprint density at radius 3 is 2.26 bits per heavy atom. The van der Waals surface area contributed by atoms with Crippen molar-refractivity contribution in [1.82, 2.24) is 4.90 Å². The van der Waals surface area contributed by atoms with Crippen LogP contribution in [0.15, 0.2) is 24.3 Å². The molecular formula is C19H21FN2O5. The van der Waals surface area contributed by atoms with Gasteiger partial charge in [-0.15, -0.1) is 0 Å². The van der Waals surface area contributed by atoms with Crippen LogP contribution < -0.4 is 5.32 Å². The van der Waals surface area contributed by atoms with Gasteiger partial charge in [0, 0.05) is 12.2 Å². The smallest absolute Gasteiger partial charge is 0.308 e. The number of amides is 3. The number of carbonyl (C=O) groups excluding carboxylic acids is 4. The van der Waals surface area contributed by atoms with Gasteiger partial charge in [0.05, 0.1) is 18.3 Å². The first-order valence-electron chi connectivity index (χ1n) is 9.02. The second-order valence-electron chi connectivity index (χ2n) is 6.79. The lowest BCUT2D eigenvalue weighted by Crippen LogP contribution is -2.33. The third-order valence-electron chi connectivity index (χ3n) is 4.96. The fraction of sp³-hybridized carbons (Fsp3) is 0.474. The van der Waals surface area contributed by atoms with Crippen LogP contribution in [0.25, 0.3) is 0 Å². The zero-order valence-corrected chi connectivity index (χ0v) is 14.8. The Morgan fingerprint density at radius 1 is 1.07 bits per heavy atom. The number of likely N-dealkylation sites (tertiary alicyclic amines) is 1. The number of anilines is 1. The molecule has 27 heavy (non-hydrogen) atoms. The Hall–Kier alpha value is -2.77. The van der Waals surface area contributed by atoms with Gasteiger partial charge in [0.15, 0.2) is 6.61 Å². The van der Waals surface area contributed by atoms with Crippen LogP contribution >= 0.6 is 0 Å². The Balaban J connectivity index is 1.42. The summed E-state index contributed by atoms with van der Waals surface area (Å²) in [6.45, 7) is -0.521. The molecule has 144 valence electrons. The van der Waals surface area contributed by atoms with Crippen molar-refractivity contribution in [3.63, 3.8) is 0 Å². The van der Waals surface area contributed by atoms with E-state index in [4.69, 9.17) is 4.74 Å². The van der Waals surface area contributed by atoms with Gasteiger partial charge < -0.3 is 10.1 Å². The summed E-state index contributed by atoms with van der Waals surface area (Å²) in [4.78, 5) is 49.4. The van der Waals surface area contributed by atoms with Crippen molar-refractivity contribution in [2.45, 2.75) is 32.1 Å². The van der Waals surface area contributed by atoms with E-state index in [1.807, 2.05) is 0 Å². The zero-order chi connectivity index (χ0) is 19.4. The number of nitrogens with one attached hydrogen (secondary N) is 1. The molecule has 3 rings (SSSR count). The normalized spacial score (nSPS) is 21.7. The van der Waals surface area contributed by atoms with E-state index in [1.54, 1.807) is 0 Å². The van der Waals surface area contributed by atoms with Crippen LogP contribution in [-0.2, 0) is 23.9 Å². The van der Waals surface area contributed by atoms with Crippen molar-refractivity contribution in [3.8, 4) is 0 Å². The SMILES string of the molecule is O=C(COC(=O)CCN1C(=O)[C@H]2CCCC[C@@H]2C1=O)Nc1ccc(F)cc1. The second-order valence-corrected chi connectivity index (χ2v) is 6.79. The highest BCUT2D eigenvalue weighted by Crippen LogP contribution is 2.37. The van der Waals surface area contributed by atoms with Gasteiger partial charge >= 0.3 is 5.97 Å². The Kier molecular flexibility index (Phi) is 5.83. The fourth-order valence-electron chi connectivity index (χ4n) is 3.60. The topological polar surface area (TPSA) is 92.8 Å². The Morgan fingerprint density at radius 2 is 1.67 bits per heavy atom. The molecule has 1 N–H and O–H groups in total. The molecule has 0 aromatic heterocycles. The summed E-state index contributed by atoms with van der Waals surface area (Å²) in [5, 5.41) is 2.47. The number of halogens is 1. The maximum absolute atomic E-state index is 12.8. The first kappa shape index (κ1) is 19.0. The highest BCUT2D eigenvalue weighted by atomic mass is 19.1. The van der Waals surface area contributed by atoms with Crippen molar-refractivity contribution >= 4 is 29.4 Å². The van der Waals surface area contributed by atoms with Crippen molar-refractivity contribution in [3.05, 3.63) is 30.1 Å². The molecule has 0 unspecified atom stereocenters. The predicted molar refractivity (Wildman–Crippen MR) is 92.8 cm³/mol. The molecule has 2 atom stereocenters. The average Bonchev–Trinajstić information content (AvgIpc) is 2.91. The number of ether oxygens (including phenoxy) is 1. The molecule has 0 bridgehead atoms. The van der Waals surface area contributed by atoms with Crippen LogP contribution in [-0.4, -0.2) is 41.7 Å². The van der Waals surface area contributed by atoms with Gasteiger partial charge in [-0.3, -0.25) is 24.1 Å². The number of fused-ring (bicyclic) bond motifs is 1. The van der Waals surface area contributed by atoms with E-state index < -0.39 is 24.3 Å². The van der Waals surface area contributed by atoms with Gasteiger partial charge in [-0.25, -0.2) is 4.39 Å². The third kappa shape index (κ3) is 4.50. The summed E-state index contributed by atoms with van der Waals surface area (Å²) in [6, 6.07) is 5.17. The summed E-state index contributed by atoms with van der Waals surface area (Å²) in [5.41, 5.74) is 0.383. The summed E-state index contributed by atoms with van der Waals surface area (Å²) >= 11 is 0. The highest BCUT2D eigenvalue weighted by Gasteiger charge is 2.47. The summed E-state index contributed by atoms with van der Waals surface area (Å²) in [6.07, 6.45) is 3.18. The Labute approximate surface area is 155 Å². The largest absolute Gasteiger partial charge is 0.456 e. The van der Waals surface area contributed by atoms with Gasteiger partial charge in [0.25, 0.3) is 5.91 Å². The van der Waals surface area contributed by atoms with E-state index in [0.717, 1.165) is 30.6 Å². The molecule has 1 saturated heterocycles. The number of imide groups is 1. The molecule has 2 fully saturated rings. The van der Waals surface area contributed by atoms with Crippen LogP contribution in [0.4, 0.5) is 10.1 Å². The maximum Gasteiger partial charge on any atom is 0.308 e. The lowest BCUT2D eigenvalue weighted by molar-refractivity contribution is -0.148. The van der Waals surface area contributed by atoms with Crippen molar-refractivity contribution < 1.29 is 28.3 Å². The minimum atomic E-state index is -0.667. The molecule has 1 aromatic rings. The molecule has 7 nitrogen and oxygen atoms in total. The van der Waals surface area contributed by atoms with E-state index in [-0.39, 0.29) is 36.6 Å². The van der Waals surface area contributed by atoms with Crippen LogP contribution in [0.2, 0.25) is 0 Å². The van der Waals surface area contributed by atoms with Gasteiger partial charge in [0.1, 0.15) is 5.82 Å². The van der Waals surface area contributed by atoms with Gasteiger partial charge in [-0.05, 0) is 37.1 Å². The molecule has 1 heterocycles. The molecule has 0 spiro atoms. The molecule has 1 saturated carbocycles. The molecule has 1 aliphatic heterocycles.